The van der Waals surface area contributed by atoms with Crippen molar-refractivity contribution in [2.24, 2.45) is 18.9 Å². The fourth-order valence-electron chi connectivity index (χ4n) is 5.04. The van der Waals surface area contributed by atoms with E-state index in [0.717, 1.165) is 55.4 Å². The summed E-state index contributed by atoms with van der Waals surface area (Å²) in [7, 11) is 5.36. The van der Waals surface area contributed by atoms with E-state index in [1.807, 2.05) is 36.0 Å². The number of hydrogen-bond acceptors (Lipinski definition) is 5. The number of fused-ring (bicyclic) bond motifs is 2. The fraction of sp³-hybridized carbons (Fsp3) is 0.571. The van der Waals surface area contributed by atoms with E-state index in [0.29, 0.717) is 0 Å². The highest BCUT2D eigenvalue weighted by molar-refractivity contribution is 5.40. The van der Waals surface area contributed by atoms with Crippen LogP contribution in [0.2, 0.25) is 0 Å². The Balaban J connectivity index is 1.59. The Labute approximate surface area is 160 Å². The smallest absolute Gasteiger partial charge is 0.141 e. The lowest BCUT2D eigenvalue weighted by atomic mass is 9.65. The number of methoxy groups -OCH3 is 2. The van der Waals surface area contributed by atoms with E-state index in [-0.39, 0.29) is 11.8 Å². The highest BCUT2D eigenvalue weighted by atomic mass is 16.5. The number of ether oxygens (including phenoxy) is 2. The average molecular weight is 371 g/mol. The predicted molar refractivity (Wildman–Crippen MR) is 103 cm³/mol. The summed E-state index contributed by atoms with van der Waals surface area (Å²) < 4.78 is 12.9. The van der Waals surface area contributed by atoms with Gasteiger partial charge in [0.2, 0.25) is 0 Å². The van der Waals surface area contributed by atoms with Gasteiger partial charge in [-0.1, -0.05) is 6.42 Å². The van der Waals surface area contributed by atoms with Gasteiger partial charge in [-0.05, 0) is 31.0 Å². The molecule has 6 nitrogen and oxygen atoms in total. The van der Waals surface area contributed by atoms with Crippen molar-refractivity contribution in [1.29, 1.82) is 0 Å². The summed E-state index contributed by atoms with van der Waals surface area (Å²) in [5, 5.41) is 11.7. The first-order valence-electron chi connectivity index (χ1n) is 9.69. The molecule has 1 aliphatic heterocycles. The van der Waals surface area contributed by atoms with Gasteiger partial charge in [0, 0.05) is 56.5 Å². The molecule has 2 aliphatic rings. The second-order valence-corrected chi connectivity index (χ2v) is 7.88. The summed E-state index contributed by atoms with van der Waals surface area (Å²) in [5.74, 6) is 2.93. The average Bonchev–Trinajstić information content (AvgIpc) is 3.09. The summed E-state index contributed by atoms with van der Waals surface area (Å²) >= 11 is 0. The van der Waals surface area contributed by atoms with Crippen LogP contribution in [0.25, 0.3) is 0 Å². The van der Waals surface area contributed by atoms with Gasteiger partial charge in [-0.15, -0.1) is 0 Å². The van der Waals surface area contributed by atoms with Gasteiger partial charge in [0.25, 0.3) is 0 Å². The number of aryl methyl sites for hydroxylation is 1. The minimum Gasteiger partial charge on any atom is -0.497 e. The Bertz CT molecular complexity index is 790. The Hall–Kier alpha value is -2.05. The van der Waals surface area contributed by atoms with Gasteiger partial charge in [0.05, 0.1) is 14.2 Å². The Kier molecular flexibility index (Phi) is 4.86. The topological polar surface area (TPSA) is 59.8 Å². The van der Waals surface area contributed by atoms with E-state index in [9.17, 15) is 5.11 Å². The molecule has 2 fully saturated rings. The number of aromatic nitrogens is 2. The monoisotopic (exact) mass is 371 g/mol. The van der Waals surface area contributed by atoms with Crippen LogP contribution >= 0.6 is 0 Å². The van der Waals surface area contributed by atoms with Crippen LogP contribution in [0.1, 0.15) is 30.7 Å². The number of rotatable bonds is 5. The minimum absolute atomic E-state index is 0.197. The molecule has 146 valence electrons. The number of hydrogen-bond donors (Lipinski definition) is 1. The Morgan fingerprint density at radius 1 is 1.19 bits per heavy atom. The first kappa shape index (κ1) is 18.3. The van der Waals surface area contributed by atoms with Crippen molar-refractivity contribution in [3.8, 4) is 11.5 Å². The molecule has 1 aliphatic carbocycles. The van der Waals surface area contributed by atoms with Crippen LogP contribution in [0.4, 0.5) is 0 Å². The third-order valence-corrected chi connectivity index (χ3v) is 6.37. The van der Waals surface area contributed by atoms with Crippen LogP contribution < -0.4 is 9.47 Å². The second-order valence-electron chi connectivity index (χ2n) is 7.88. The molecule has 1 saturated heterocycles. The molecule has 1 saturated carbocycles. The van der Waals surface area contributed by atoms with Gasteiger partial charge in [-0.2, -0.15) is 0 Å². The molecule has 2 bridgehead atoms. The number of nitrogens with zero attached hydrogens (tertiary/aromatic N) is 3. The fourth-order valence-corrected chi connectivity index (χ4v) is 5.04. The molecule has 27 heavy (non-hydrogen) atoms. The predicted octanol–water partition coefficient (Wildman–Crippen LogP) is 2.56. The van der Waals surface area contributed by atoms with Gasteiger partial charge in [-0.25, -0.2) is 4.98 Å². The first-order valence-corrected chi connectivity index (χ1v) is 9.69. The molecule has 0 radical (unpaired) electrons. The molecule has 1 unspecified atom stereocenters. The maximum absolute atomic E-state index is 11.7. The van der Waals surface area contributed by atoms with Crippen LogP contribution in [0.5, 0.6) is 11.5 Å². The van der Waals surface area contributed by atoms with Crippen molar-refractivity contribution in [1.82, 2.24) is 14.5 Å². The summed E-state index contributed by atoms with van der Waals surface area (Å²) in [6.07, 6.45) is 6.96. The SMILES string of the molecule is COc1ccc(OC)c(CN2C[C@H]3CCC[C@@H](C2)C3(O)c2nccn2C)c1. The number of imidazole rings is 1. The van der Waals surface area contributed by atoms with Crippen molar-refractivity contribution >= 4 is 0 Å². The number of aliphatic hydroxyl groups is 1. The van der Waals surface area contributed by atoms with Crippen molar-refractivity contribution < 1.29 is 14.6 Å². The lowest BCUT2D eigenvalue weighted by Gasteiger charge is -2.52. The zero-order chi connectivity index (χ0) is 19.0. The quantitative estimate of drug-likeness (QED) is 0.875. The summed E-state index contributed by atoms with van der Waals surface area (Å²) in [6.45, 7) is 2.52. The second kappa shape index (κ2) is 7.17. The maximum Gasteiger partial charge on any atom is 0.141 e. The minimum atomic E-state index is -0.828. The highest BCUT2D eigenvalue weighted by Gasteiger charge is 2.53. The lowest BCUT2D eigenvalue weighted by molar-refractivity contribution is -0.155. The van der Waals surface area contributed by atoms with E-state index in [1.54, 1.807) is 20.4 Å². The first-order chi connectivity index (χ1) is 13.1. The summed E-state index contributed by atoms with van der Waals surface area (Å²) in [5.41, 5.74) is 0.295. The zero-order valence-corrected chi connectivity index (χ0v) is 16.4. The Morgan fingerprint density at radius 2 is 1.93 bits per heavy atom. The molecule has 0 amide bonds. The number of benzene rings is 1. The molecule has 0 spiro atoms. The van der Waals surface area contributed by atoms with Crippen LogP contribution in [-0.4, -0.2) is 46.9 Å². The van der Waals surface area contributed by atoms with Crippen LogP contribution in [0, 0.1) is 11.8 Å². The molecule has 1 N–H and O–H groups in total. The molecule has 6 heteroatoms. The molecule has 2 aromatic rings. The molecule has 1 aromatic heterocycles. The van der Waals surface area contributed by atoms with Crippen molar-refractivity contribution in [2.75, 3.05) is 27.3 Å². The standard InChI is InChI=1S/C21H29N3O3/c1-23-10-9-22-20(23)21(25)16-5-4-6-17(21)14-24(13-16)12-15-11-18(26-2)7-8-19(15)27-3/h7-11,16-17,25H,4-6,12-14H2,1-3H3/t16-,17+,21?. The zero-order valence-electron chi connectivity index (χ0n) is 16.4. The summed E-state index contributed by atoms with van der Waals surface area (Å²) in [4.78, 5) is 6.96. The van der Waals surface area contributed by atoms with Gasteiger partial charge in [0.15, 0.2) is 0 Å². The maximum atomic E-state index is 11.7. The van der Waals surface area contributed by atoms with E-state index in [2.05, 4.69) is 9.88 Å². The molecular weight excluding hydrogens is 342 g/mol. The van der Waals surface area contributed by atoms with E-state index in [1.165, 1.54) is 6.42 Å². The lowest BCUT2D eigenvalue weighted by Crippen LogP contribution is -2.58. The van der Waals surface area contributed by atoms with E-state index < -0.39 is 5.60 Å². The van der Waals surface area contributed by atoms with Crippen molar-refractivity contribution in [2.45, 2.75) is 31.4 Å². The van der Waals surface area contributed by atoms with Crippen LogP contribution in [0.3, 0.4) is 0 Å². The van der Waals surface area contributed by atoms with Crippen molar-refractivity contribution in [3.05, 3.63) is 42.0 Å². The largest absolute Gasteiger partial charge is 0.497 e. The van der Waals surface area contributed by atoms with Crippen LogP contribution in [0.15, 0.2) is 30.6 Å². The number of likely N-dealkylation sites (tertiary alicyclic amines) is 1. The highest BCUT2D eigenvalue weighted by Crippen LogP contribution is 2.48. The van der Waals surface area contributed by atoms with Gasteiger partial charge in [0.1, 0.15) is 22.9 Å². The number of piperidine rings is 1. The van der Waals surface area contributed by atoms with E-state index >= 15 is 0 Å². The molecule has 3 atom stereocenters. The Morgan fingerprint density at radius 3 is 2.52 bits per heavy atom. The molecule has 2 heterocycles. The van der Waals surface area contributed by atoms with Crippen LogP contribution in [-0.2, 0) is 19.2 Å². The van der Waals surface area contributed by atoms with Gasteiger partial charge < -0.3 is 19.1 Å². The molecule has 4 rings (SSSR count). The van der Waals surface area contributed by atoms with Gasteiger partial charge in [-0.3, -0.25) is 4.90 Å². The third-order valence-electron chi connectivity index (χ3n) is 6.37. The molecular formula is C21H29N3O3. The normalized spacial score (nSPS) is 28.1. The van der Waals surface area contributed by atoms with Gasteiger partial charge >= 0.3 is 0 Å². The molecule has 1 aromatic carbocycles. The summed E-state index contributed by atoms with van der Waals surface area (Å²) in [6, 6.07) is 5.93. The van der Waals surface area contributed by atoms with E-state index in [4.69, 9.17) is 9.47 Å². The van der Waals surface area contributed by atoms with Crippen molar-refractivity contribution in [3.63, 3.8) is 0 Å². The third kappa shape index (κ3) is 3.11.